The zero-order valence-corrected chi connectivity index (χ0v) is 11.7. The predicted molar refractivity (Wildman–Crippen MR) is 75.6 cm³/mol. The molecule has 0 saturated heterocycles. The molecule has 2 rings (SSSR count). The molecule has 0 atom stereocenters. The maximum absolute atomic E-state index is 13.7. The van der Waals surface area contributed by atoms with Crippen molar-refractivity contribution in [3.63, 3.8) is 0 Å². The number of nitrogens with two attached hydrogens (primary N) is 1. The number of halogens is 2. The molecule has 0 fully saturated rings. The third-order valence-electron chi connectivity index (χ3n) is 2.94. The average Bonchev–Trinajstić information content (AvgIpc) is 2.87. The van der Waals surface area contributed by atoms with Gasteiger partial charge in [-0.15, -0.1) is 11.3 Å². The molecule has 0 bridgehead atoms. The molecule has 3 N–H and O–H groups in total. The van der Waals surface area contributed by atoms with Crippen LogP contribution in [-0.2, 0) is 13.0 Å². The number of rotatable bonds is 4. The number of hydrogen-bond donors (Lipinski definition) is 2. The SMILES string of the molecule is CCc1ccsc1CNC(=O)c1cc(F)cc(N)c1F. The number of nitrogen functional groups attached to an aromatic ring is 1. The minimum atomic E-state index is -0.897. The fourth-order valence-corrected chi connectivity index (χ4v) is 2.78. The molecule has 2 aromatic rings. The van der Waals surface area contributed by atoms with Gasteiger partial charge in [0.25, 0.3) is 5.91 Å². The van der Waals surface area contributed by atoms with Crippen LogP contribution >= 0.6 is 11.3 Å². The van der Waals surface area contributed by atoms with Crippen molar-refractivity contribution >= 4 is 22.9 Å². The number of anilines is 1. The van der Waals surface area contributed by atoms with Crippen LogP contribution < -0.4 is 11.1 Å². The quantitative estimate of drug-likeness (QED) is 0.852. The van der Waals surface area contributed by atoms with Gasteiger partial charge >= 0.3 is 0 Å². The van der Waals surface area contributed by atoms with Gasteiger partial charge in [-0.1, -0.05) is 6.92 Å². The Morgan fingerprint density at radius 1 is 1.40 bits per heavy atom. The van der Waals surface area contributed by atoms with Crippen LogP contribution in [0.3, 0.4) is 0 Å². The number of aryl methyl sites for hydroxylation is 1. The Labute approximate surface area is 119 Å². The second-order valence-electron chi connectivity index (χ2n) is 4.26. The number of thiophene rings is 1. The lowest BCUT2D eigenvalue weighted by atomic mass is 10.1. The predicted octanol–water partition coefficient (Wildman–Crippen LogP) is 3.10. The third kappa shape index (κ3) is 2.96. The molecule has 20 heavy (non-hydrogen) atoms. The lowest BCUT2D eigenvalue weighted by Crippen LogP contribution is -2.24. The van der Waals surface area contributed by atoms with Gasteiger partial charge in [-0.3, -0.25) is 4.79 Å². The maximum Gasteiger partial charge on any atom is 0.254 e. The van der Waals surface area contributed by atoms with Crippen LogP contribution in [-0.4, -0.2) is 5.91 Å². The van der Waals surface area contributed by atoms with Gasteiger partial charge < -0.3 is 11.1 Å². The van der Waals surface area contributed by atoms with E-state index in [0.717, 1.165) is 29.0 Å². The van der Waals surface area contributed by atoms with Crippen LogP contribution in [0.15, 0.2) is 23.6 Å². The van der Waals surface area contributed by atoms with Crippen LogP contribution in [0, 0.1) is 11.6 Å². The van der Waals surface area contributed by atoms with Crippen molar-refractivity contribution < 1.29 is 13.6 Å². The number of carbonyl (C=O) groups excluding carboxylic acids is 1. The Morgan fingerprint density at radius 3 is 2.85 bits per heavy atom. The molecule has 1 heterocycles. The molecule has 0 aliphatic heterocycles. The molecule has 0 unspecified atom stereocenters. The van der Waals surface area contributed by atoms with Gasteiger partial charge in [0.2, 0.25) is 0 Å². The van der Waals surface area contributed by atoms with Gasteiger partial charge in [0.15, 0.2) is 5.82 Å². The number of amides is 1. The Morgan fingerprint density at radius 2 is 2.15 bits per heavy atom. The summed E-state index contributed by atoms with van der Waals surface area (Å²) < 4.78 is 26.9. The highest BCUT2D eigenvalue weighted by atomic mass is 32.1. The number of nitrogens with one attached hydrogen (secondary N) is 1. The van der Waals surface area contributed by atoms with E-state index in [1.54, 1.807) is 0 Å². The summed E-state index contributed by atoms with van der Waals surface area (Å²) in [6.45, 7) is 2.30. The molecule has 0 saturated carbocycles. The third-order valence-corrected chi connectivity index (χ3v) is 3.90. The fraction of sp³-hybridized carbons (Fsp3) is 0.214. The zero-order chi connectivity index (χ0) is 14.7. The first-order valence-corrected chi connectivity index (χ1v) is 6.98. The van der Waals surface area contributed by atoms with E-state index in [-0.39, 0.29) is 17.8 Å². The molecular formula is C14H14F2N2OS. The fourth-order valence-electron chi connectivity index (χ4n) is 1.87. The Balaban J connectivity index is 2.13. The minimum Gasteiger partial charge on any atom is -0.396 e. The number of hydrogen-bond acceptors (Lipinski definition) is 3. The van der Waals surface area contributed by atoms with Crippen LogP contribution in [0.4, 0.5) is 14.5 Å². The van der Waals surface area contributed by atoms with Crippen LogP contribution in [0.25, 0.3) is 0 Å². The van der Waals surface area contributed by atoms with Gasteiger partial charge in [0.1, 0.15) is 5.82 Å². The molecule has 3 nitrogen and oxygen atoms in total. The Kier molecular flexibility index (Phi) is 4.34. The van der Waals surface area contributed by atoms with Gasteiger partial charge in [-0.2, -0.15) is 0 Å². The first-order valence-electron chi connectivity index (χ1n) is 6.11. The Hall–Kier alpha value is -1.95. The smallest absolute Gasteiger partial charge is 0.254 e. The molecular weight excluding hydrogens is 282 g/mol. The first-order chi connectivity index (χ1) is 9.52. The van der Waals surface area contributed by atoms with Gasteiger partial charge in [0, 0.05) is 4.88 Å². The highest BCUT2D eigenvalue weighted by Crippen LogP contribution is 2.19. The van der Waals surface area contributed by atoms with Gasteiger partial charge in [0.05, 0.1) is 17.8 Å². The average molecular weight is 296 g/mol. The van der Waals surface area contributed by atoms with Crippen LogP contribution in [0.1, 0.15) is 27.7 Å². The summed E-state index contributed by atoms with van der Waals surface area (Å²) in [6, 6.07) is 3.67. The molecule has 0 aliphatic carbocycles. The maximum atomic E-state index is 13.7. The van der Waals surface area contributed by atoms with Crippen molar-refractivity contribution in [1.29, 1.82) is 0 Å². The summed E-state index contributed by atoms with van der Waals surface area (Å²) in [5.74, 6) is -2.31. The normalized spacial score (nSPS) is 10.6. The summed E-state index contributed by atoms with van der Waals surface area (Å²) in [6.07, 6.45) is 0.857. The molecule has 0 radical (unpaired) electrons. The number of benzene rings is 1. The summed E-state index contributed by atoms with van der Waals surface area (Å²) in [5, 5.41) is 4.51. The van der Waals surface area contributed by atoms with Crippen molar-refractivity contribution in [3.8, 4) is 0 Å². The summed E-state index contributed by atoms with van der Waals surface area (Å²) >= 11 is 1.51. The second kappa shape index (κ2) is 6.00. The van der Waals surface area contributed by atoms with E-state index >= 15 is 0 Å². The van der Waals surface area contributed by atoms with Crippen molar-refractivity contribution in [1.82, 2.24) is 5.32 Å². The highest BCUT2D eigenvalue weighted by molar-refractivity contribution is 7.10. The molecule has 1 amide bonds. The molecule has 0 spiro atoms. The standard InChI is InChI=1S/C14H14F2N2OS/c1-2-8-3-4-20-12(8)7-18-14(19)10-5-9(15)6-11(17)13(10)16/h3-6H,2,7,17H2,1H3,(H,18,19). The highest BCUT2D eigenvalue weighted by Gasteiger charge is 2.16. The van der Waals surface area contributed by atoms with Crippen LogP contribution in [0.5, 0.6) is 0 Å². The van der Waals surface area contributed by atoms with Crippen LogP contribution in [0.2, 0.25) is 0 Å². The molecule has 6 heteroatoms. The molecule has 1 aromatic heterocycles. The zero-order valence-electron chi connectivity index (χ0n) is 10.9. The topological polar surface area (TPSA) is 55.1 Å². The summed E-state index contributed by atoms with van der Waals surface area (Å²) in [4.78, 5) is 12.9. The number of carbonyl (C=O) groups is 1. The summed E-state index contributed by atoms with van der Waals surface area (Å²) in [5.41, 5.74) is 5.68. The first kappa shape index (κ1) is 14.5. The Bertz CT molecular complexity index is 640. The van der Waals surface area contributed by atoms with Crippen molar-refractivity contribution in [2.75, 3.05) is 5.73 Å². The molecule has 0 aliphatic rings. The molecule has 1 aromatic carbocycles. The monoisotopic (exact) mass is 296 g/mol. The van der Waals surface area contributed by atoms with E-state index in [9.17, 15) is 13.6 Å². The van der Waals surface area contributed by atoms with Crippen molar-refractivity contribution in [2.24, 2.45) is 0 Å². The summed E-state index contributed by atoms with van der Waals surface area (Å²) in [7, 11) is 0. The van der Waals surface area contributed by atoms with Crippen molar-refractivity contribution in [2.45, 2.75) is 19.9 Å². The largest absolute Gasteiger partial charge is 0.396 e. The van der Waals surface area contributed by atoms with E-state index in [1.165, 1.54) is 11.3 Å². The van der Waals surface area contributed by atoms with E-state index < -0.39 is 17.5 Å². The van der Waals surface area contributed by atoms with Gasteiger partial charge in [-0.05, 0) is 35.6 Å². The minimum absolute atomic E-state index is 0.287. The van der Waals surface area contributed by atoms with E-state index in [0.29, 0.717) is 0 Å². The van der Waals surface area contributed by atoms with E-state index in [2.05, 4.69) is 5.32 Å². The lowest BCUT2D eigenvalue weighted by molar-refractivity contribution is 0.0947. The van der Waals surface area contributed by atoms with Crippen molar-refractivity contribution in [3.05, 3.63) is 51.2 Å². The second-order valence-corrected chi connectivity index (χ2v) is 5.26. The van der Waals surface area contributed by atoms with E-state index in [1.807, 2.05) is 18.4 Å². The lowest BCUT2D eigenvalue weighted by Gasteiger charge is -2.08. The van der Waals surface area contributed by atoms with E-state index in [4.69, 9.17) is 5.73 Å². The van der Waals surface area contributed by atoms with Gasteiger partial charge in [-0.25, -0.2) is 8.78 Å². The molecule has 106 valence electrons.